The molecule has 4 rings (SSSR count). The van der Waals surface area contributed by atoms with Gasteiger partial charge in [0.15, 0.2) is 5.78 Å². The minimum absolute atomic E-state index is 0.0105. The first-order chi connectivity index (χ1) is 15.5. The molecule has 2 aromatic rings. The molecular weight excluding hydrogens is 406 g/mol. The third-order valence-electron chi connectivity index (χ3n) is 6.25. The number of carbonyl (C=O) groups excluding carboxylic acids is 2. The molecule has 2 atom stereocenters. The molecule has 1 aliphatic carbocycles. The first kappa shape index (κ1) is 21.7. The number of benzene rings is 2. The summed E-state index contributed by atoms with van der Waals surface area (Å²) in [6.07, 6.45) is 1.06. The zero-order valence-electron chi connectivity index (χ0n) is 18.7. The lowest BCUT2D eigenvalue weighted by molar-refractivity contribution is -0.136. The van der Waals surface area contributed by atoms with Gasteiger partial charge in [0.25, 0.3) is 0 Å². The van der Waals surface area contributed by atoms with Gasteiger partial charge in [-0.3, -0.25) is 4.79 Å². The van der Waals surface area contributed by atoms with Crippen molar-refractivity contribution in [2.45, 2.75) is 31.6 Å². The highest BCUT2D eigenvalue weighted by molar-refractivity contribution is 6.04. The van der Waals surface area contributed by atoms with Crippen molar-refractivity contribution in [3.63, 3.8) is 0 Å². The van der Waals surface area contributed by atoms with E-state index in [-0.39, 0.29) is 11.7 Å². The van der Waals surface area contributed by atoms with E-state index in [1.54, 1.807) is 26.4 Å². The number of ketones is 1. The van der Waals surface area contributed by atoms with Crippen LogP contribution >= 0.6 is 0 Å². The molecule has 0 radical (unpaired) electrons. The number of dihydropyridines is 1. The number of esters is 1. The van der Waals surface area contributed by atoms with Gasteiger partial charge in [-0.05, 0) is 43.0 Å². The molecule has 2 aliphatic rings. The Balaban J connectivity index is 1.88. The van der Waals surface area contributed by atoms with Crippen LogP contribution in [-0.2, 0) is 14.3 Å². The van der Waals surface area contributed by atoms with Crippen LogP contribution in [0.3, 0.4) is 0 Å². The average molecular weight is 434 g/mol. The number of allylic oxidation sites excluding steroid dienone is 3. The van der Waals surface area contributed by atoms with Crippen LogP contribution in [0.2, 0.25) is 0 Å². The minimum Gasteiger partial charge on any atom is -0.497 e. The molecule has 0 spiro atoms. The van der Waals surface area contributed by atoms with E-state index in [9.17, 15) is 9.59 Å². The largest absolute Gasteiger partial charge is 0.497 e. The van der Waals surface area contributed by atoms with Gasteiger partial charge in [0, 0.05) is 29.0 Å². The second kappa shape index (κ2) is 8.91. The van der Waals surface area contributed by atoms with E-state index in [1.807, 2.05) is 31.2 Å². The van der Waals surface area contributed by atoms with Crippen LogP contribution in [0.25, 0.3) is 0 Å². The van der Waals surface area contributed by atoms with Gasteiger partial charge >= 0.3 is 5.97 Å². The van der Waals surface area contributed by atoms with E-state index in [0.717, 1.165) is 11.3 Å². The van der Waals surface area contributed by atoms with E-state index < -0.39 is 11.9 Å². The van der Waals surface area contributed by atoms with Crippen LogP contribution in [0.15, 0.2) is 71.1 Å². The van der Waals surface area contributed by atoms with Crippen molar-refractivity contribution in [2.24, 2.45) is 0 Å². The Bertz CT molecular complexity index is 1120. The number of nitrogens with one attached hydrogen (secondary N) is 1. The van der Waals surface area contributed by atoms with Gasteiger partial charge in [-0.15, -0.1) is 0 Å². The highest BCUT2D eigenvalue weighted by Gasteiger charge is 2.42. The topological polar surface area (TPSA) is 73.9 Å². The summed E-state index contributed by atoms with van der Waals surface area (Å²) in [4.78, 5) is 26.4. The lowest BCUT2D eigenvalue weighted by atomic mass is 9.71. The number of carbonyl (C=O) groups is 2. The number of hydrogen-bond acceptors (Lipinski definition) is 6. The normalized spacial score (nSPS) is 20.4. The molecule has 166 valence electrons. The number of methoxy groups -OCH3 is 3. The molecule has 1 aliphatic heterocycles. The molecule has 2 aromatic carbocycles. The summed E-state index contributed by atoms with van der Waals surface area (Å²) in [5.41, 5.74) is 4.35. The molecule has 6 nitrogen and oxygen atoms in total. The Hall–Kier alpha value is -3.54. The molecule has 1 heterocycles. The summed E-state index contributed by atoms with van der Waals surface area (Å²) in [6.45, 7) is 1.84. The van der Waals surface area contributed by atoms with E-state index in [1.165, 1.54) is 7.11 Å². The fourth-order valence-corrected chi connectivity index (χ4v) is 4.76. The second-order valence-corrected chi connectivity index (χ2v) is 8.03. The van der Waals surface area contributed by atoms with Crippen molar-refractivity contribution in [1.29, 1.82) is 0 Å². The zero-order valence-corrected chi connectivity index (χ0v) is 18.7. The quantitative estimate of drug-likeness (QED) is 0.711. The predicted molar refractivity (Wildman–Crippen MR) is 121 cm³/mol. The number of hydrogen-bond donors (Lipinski definition) is 1. The van der Waals surface area contributed by atoms with Gasteiger partial charge in [0.05, 0.1) is 32.8 Å². The van der Waals surface area contributed by atoms with Crippen molar-refractivity contribution < 1.29 is 23.8 Å². The Labute approximate surface area is 187 Å². The summed E-state index contributed by atoms with van der Waals surface area (Å²) in [6, 6.07) is 15.5. The highest BCUT2D eigenvalue weighted by Crippen LogP contribution is 2.48. The maximum Gasteiger partial charge on any atom is 0.336 e. The molecule has 0 bridgehead atoms. The molecule has 6 heteroatoms. The lowest BCUT2D eigenvalue weighted by Gasteiger charge is -2.37. The average Bonchev–Trinajstić information content (AvgIpc) is 2.82. The van der Waals surface area contributed by atoms with E-state index in [4.69, 9.17) is 14.2 Å². The van der Waals surface area contributed by atoms with Gasteiger partial charge in [-0.2, -0.15) is 0 Å². The smallest absolute Gasteiger partial charge is 0.336 e. The number of Topliss-reactive ketones (excluding diaryl/α,β-unsaturated/α-hetero) is 1. The fraction of sp³-hybridized carbons (Fsp3) is 0.308. The van der Waals surface area contributed by atoms with Crippen molar-refractivity contribution >= 4 is 11.8 Å². The fourth-order valence-electron chi connectivity index (χ4n) is 4.76. The monoisotopic (exact) mass is 433 g/mol. The van der Waals surface area contributed by atoms with Crippen LogP contribution in [0.1, 0.15) is 42.7 Å². The molecule has 0 saturated heterocycles. The molecule has 0 amide bonds. The maximum absolute atomic E-state index is 13.6. The Morgan fingerprint density at radius 3 is 2.41 bits per heavy atom. The second-order valence-electron chi connectivity index (χ2n) is 8.03. The van der Waals surface area contributed by atoms with Gasteiger partial charge in [-0.25, -0.2) is 4.79 Å². The van der Waals surface area contributed by atoms with Crippen molar-refractivity contribution in [1.82, 2.24) is 5.32 Å². The molecule has 0 unspecified atom stereocenters. The van der Waals surface area contributed by atoms with Gasteiger partial charge in [0.1, 0.15) is 11.5 Å². The van der Waals surface area contributed by atoms with Gasteiger partial charge in [-0.1, -0.05) is 30.3 Å². The molecule has 1 N–H and O–H groups in total. The Morgan fingerprint density at radius 2 is 1.75 bits per heavy atom. The summed E-state index contributed by atoms with van der Waals surface area (Å²) >= 11 is 0. The van der Waals surface area contributed by atoms with Crippen LogP contribution in [0.5, 0.6) is 11.5 Å². The molecule has 0 saturated carbocycles. The summed E-state index contributed by atoms with van der Waals surface area (Å²) < 4.78 is 16.1. The maximum atomic E-state index is 13.6. The predicted octanol–water partition coefficient (Wildman–Crippen LogP) is 4.24. The molecule has 0 aromatic heterocycles. The molecule has 0 fully saturated rings. The Morgan fingerprint density at radius 1 is 1.00 bits per heavy atom. The molecule has 32 heavy (non-hydrogen) atoms. The first-order valence-corrected chi connectivity index (χ1v) is 10.6. The SMILES string of the molecule is COC(=O)C1=C(C)NC2=C(C(=O)C[C@@H](c3ccccc3)C2)[C@H]1c1cc(OC)ccc1OC. The summed E-state index contributed by atoms with van der Waals surface area (Å²) in [5.74, 6) is 0.208. The van der Waals surface area contributed by atoms with Crippen LogP contribution in [-0.4, -0.2) is 33.1 Å². The minimum atomic E-state index is -0.604. The third-order valence-corrected chi connectivity index (χ3v) is 6.25. The Kier molecular flexibility index (Phi) is 6.04. The summed E-state index contributed by atoms with van der Waals surface area (Å²) in [7, 11) is 4.50. The third kappa shape index (κ3) is 3.77. The highest BCUT2D eigenvalue weighted by atomic mass is 16.5. The van der Waals surface area contributed by atoms with Gasteiger partial charge in [0.2, 0.25) is 0 Å². The van der Waals surface area contributed by atoms with Crippen LogP contribution < -0.4 is 14.8 Å². The van der Waals surface area contributed by atoms with E-state index >= 15 is 0 Å². The van der Waals surface area contributed by atoms with Crippen molar-refractivity contribution in [3.05, 3.63) is 82.2 Å². The molecular formula is C26H27NO5. The standard InChI is InChI=1S/C26H27NO5/c1-15-23(26(29)32-4)24(19-14-18(30-2)10-11-22(19)31-3)25-20(27-15)12-17(13-21(25)28)16-8-6-5-7-9-16/h5-11,14,17,24,27H,12-13H2,1-4H3/t17-,24-/m0/s1. The van der Waals surface area contributed by atoms with Crippen LogP contribution in [0.4, 0.5) is 0 Å². The number of rotatable bonds is 5. The zero-order chi connectivity index (χ0) is 22.8. The van der Waals surface area contributed by atoms with Crippen molar-refractivity contribution in [3.8, 4) is 11.5 Å². The lowest BCUT2D eigenvalue weighted by Crippen LogP contribution is -2.36. The van der Waals surface area contributed by atoms with E-state index in [0.29, 0.717) is 46.7 Å². The van der Waals surface area contributed by atoms with Crippen LogP contribution in [0, 0.1) is 0 Å². The first-order valence-electron chi connectivity index (χ1n) is 10.6. The summed E-state index contributed by atoms with van der Waals surface area (Å²) in [5, 5.41) is 3.35. The van der Waals surface area contributed by atoms with Crippen molar-refractivity contribution in [2.75, 3.05) is 21.3 Å². The number of ether oxygens (including phenoxy) is 3. The van der Waals surface area contributed by atoms with Gasteiger partial charge < -0.3 is 19.5 Å². The van der Waals surface area contributed by atoms with E-state index in [2.05, 4.69) is 17.4 Å².